The van der Waals surface area contributed by atoms with Crippen molar-refractivity contribution in [2.75, 3.05) is 0 Å². The second kappa shape index (κ2) is 5.61. The summed E-state index contributed by atoms with van der Waals surface area (Å²) in [5.74, 6) is 0. The van der Waals surface area contributed by atoms with E-state index in [9.17, 15) is 0 Å². The highest BCUT2D eigenvalue weighted by molar-refractivity contribution is 5.77. The Balaban J connectivity index is 1.52. The van der Waals surface area contributed by atoms with Crippen molar-refractivity contribution in [2.24, 2.45) is 0 Å². The average molecular weight is 286 g/mol. The third-order valence-electron chi connectivity index (χ3n) is 5.16. The van der Waals surface area contributed by atoms with E-state index < -0.39 is 0 Å². The van der Waals surface area contributed by atoms with Gasteiger partial charge < -0.3 is 0 Å². The lowest BCUT2D eigenvalue weighted by atomic mass is 9.95. The molecule has 0 spiro atoms. The van der Waals surface area contributed by atoms with Gasteiger partial charge in [0.2, 0.25) is 0 Å². The molecule has 0 atom stereocenters. The minimum Gasteiger partial charge on any atom is -0.0802 e. The van der Waals surface area contributed by atoms with E-state index in [0.29, 0.717) is 0 Å². The molecule has 0 fully saturated rings. The fourth-order valence-corrected chi connectivity index (χ4v) is 3.91. The molecule has 2 aliphatic carbocycles. The maximum Gasteiger partial charge on any atom is -0.00107 e. The van der Waals surface area contributed by atoms with Crippen molar-refractivity contribution in [1.29, 1.82) is 0 Å². The predicted molar refractivity (Wildman–Crippen MR) is 94.1 cm³/mol. The summed E-state index contributed by atoms with van der Waals surface area (Å²) >= 11 is 0. The van der Waals surface area contributed by atoms with Gasteiger partial charge in [-0.3, -0.25) is 0 Å². The first-order valence-electron chi connectivity index (χ1n) is 8.37. The second-order valence-electron chi connectivity index (χ2n) is 6.52. The lowest BCUT2D eigenvalue weighted by molar-refractivity contribution is 0.792. The molecule has 0 saturated heterocycles. The van der Waals surface area contributed by atoms with Crippen molar-refractivity contribution in [3.63, 3.8) is 0 Å². The van der Waals surface area contributed by atoms with E-state index in [0.717, 1.165) is 6.42 Å². The number of allylic oxidation sites excluding steroid dienone is 4. The Morgan fingerprint density at radius 3 is 2.64 bits per heavy atom. The van der Waals surface area contributed by atoms with Crippen molar-refractivity contribution in [3.05, 3.63) is 82.5 Å². The normalized spacial score (nSPS) is 15.3. The monoisotopic (exact) mass is 286 g/mol. The first-order valence-corrected chi connectivity index (χ1v) is 8.37. The molecule has 0 bridgehead atoms. The van der Waals surface area contributed by atoms with Crippen LogP contribution in [-0.4, -0.2) is 0 Å². The first kappa shape index (κ1) is 13.6. The number of fused-ring (bicyclic) bond motifs is 3. The molecule has 2 aromatic carbocycles. The van der Waals surface area contributed by atoms with Crippen LogP contribution in [0.2, 0.25) is 0 Å². The molecule has 0 aliphatic heterocycles. The summed E-state index contributed by atoms with van der Waals surface area (Å²) in [6, 6.07) is 15.7. The molecule has 0 saturated carbocycles. The van der Waals surface area contributed by atoms with Crippen LogP contribution in [0, 0.1) is 0 Å². The van der Waals surface area contributed by atoms with E-state index in [1.54, 1.807) is 16.7 Å². The second-order valence-corrected chi connectivity index (χ2v) is 6.52. The molecule has 110 valence electrons. The van der Waals surface area contributed by atoms with Crippen molar-refractivity contribution in [2.45, 2.75) is 39.0 Å². The summed E-state index contributed by atoms with van der Waals surface area (Å²) in [7, 11) is 0. The molecular formula is C22H22. The van der Waals surface area contributed by atoms with Crippen LogP contribution in [0.25, 0.3) is 11.1 Å². The number of benzene rings is 2. The number of hydrogen-bond donors (Lipinski definition) is 0. The maximum atomic E-state index is 2.33. The van der Waals surface area contributed by atoms with Gasteiger partial charge in [-0.25, -0.2) is 0 Å². The van der Waals surface area contributed by atoms with E-state index in [4.69, 9.17) is 0 Å². The minimum absolute atomic E-state index is 1.12. The first-order chi connectivity index (χ1) is 10.8. The third kappa shape index (κ3) is 2.33. The molecular weight excluding hydrogens is 264 g/mol. The standard InChI is InChI=1S/C22H22/c1-16-7-4-9-17(16)10-5-11-18-12-6-14-21-20-13-3-2-8-19(20)15-22(18)21/h2-4,6-8,12-14H,5,9-11,15H2,1H3. The summed E-state index contributed by atoms with van der Waals surface area (Å²) in [5.41, 5.74) is 10.6. The Morgan fingerprint density at radius 2 is 1.77 bits per heavy atom. The Bertz CT molecular complexity index is 774. The van der Waals surface area contributed by atoms with Gasteiger partial charge in [0.05, 0.1) is 0 Å². The summed E-state index contributed by atoms with van der Waals surface area (Å²) in [6.07, 6.45) is 10.6. The zero-order valence-corrected chi connectivity index (χ0v) is 13.2. The van der Waals surface area contributed by atoms with Crippen molar-refractivity contribution in [1.82, 2.24) is 0 Å². The van der Waals surface area contributed by atoms with Crippen molar-refractivity contribution in [3.8, 4) is 11.1 Å². The van der Waals surface area contributed by atoms with Crippen LogP contribution in [0.4, 0.5) is 0 Å². The molecule has 0 aromatic heterocycles. The molecule has 0 nitrogen and oxygen atoms in total. The molecule has 2 aromatic rings. The van der Waals surface area contributed by atoms with Crippen LogP contribution in [0.3, 0.4) is 0 Å². The van der Waals surface area contributed by atoms with Crippen LogP contribution in [0.15, 0.2) is 65.8 Å². The molecule has 0 unspecified atom stereocenters. The lowest BCUT2D eigenvalue weighted by Crippen LogP contribution is -1.94. The van der Waals surface area contributed by atoms with E-state index >= 15 is 0 Å². The molecule has 0 amide bonds. The highest BCUT2D eigenvalue weighted by Gasteiger charge is 2.20. The van der Waals surface area contributed by atoms with Crippen molar-refractivity contribution < 1.29 is 0 Å². The van der Waals surface area contributed by atoms with E-state index in [-0.39, 0.29) is 0 Å². The predicted octanol–water partition coefficient (Wildman–Crippen LogP) is 5.86. The molecule has 22 heavy (non-hydrogen) atoms. The Morgan fingerprint density at radius 1 is 0.909 bits per heavy atom. The largest absolute Gasteiger partial charge is 0.0802 e. The van der Waals surface area contributed by atoms with Gasteiger partial charge in [0, 0.05) is 0 Å². The van der Waals surface area contributed by atoms with Gasteiger partial charge >= 0.3 is 0 Å². The van der Waals surface area contributed by atoms with Gasteiger partial charge in [-0.15, -0.1) is 0 Å². The number of aryl methyl sites for hydroxylation is 1. The van der Waals surface area contributed by atoms with Gasteiger partial charge in [-0.05, 0) is 66.8 Å². The fraction of sp³-hybridized carbons (Fsp3) is 0.273. The van der Waals surface area contributed by atoms with E-state index in [1.165, 1.54) is 47.9 Å². The smallest absolute Gasteiger partial charge is 0.00107 e. The minimum atomic E-state index is 1.12. The highest BCUT2D eigenvalue weighted by Crippen LogP contribution is 2.38. The molecule has 0 heteroatoms. The van der Waals surface area contributed by atoms with Gasteiger partial charge in [0.1, 0.15) is 0 Å². The average Bonchev–Trinajstić information content (AvgIpc) is 3.12. The maximum absolute atomic E-state index is 2.33. The van der Waals surface area contributed by atoms with Gasteiger partial charge in [0.25, 0.3) is 0 Å². The molecule has 0 radical (unpaired) electrons. The van der Waals surface area contributed by atoms with Crippen LogP contribution in [0.5, 0.6) is 0 Å². The fourth-order valence-electron chi connectivity index (χ4n) is 3.91. The quantitative estimate of drug-likeness (QED) is 0.563. The topological polar surface area (TPSA) is 0 Å². The van der Waals surface area contributed by atoms with E-state index in [2.05, 4.69) is 61.5 Å². The van der Waals surface area contributed by atoms with Gasteiger partial charge in [-0.1, -0.05) is 65.8 Å². The van der Waals surface area contributed by atoms with Crippen LogP contribution >= 0.6 is 0 Å². The number of hydrogen-bond acceptors (Lipinski definition) is 0. The van der Waals surface area contributed by atoms with Crippen LogP contribution in [-0.2, 0) is 12.8 Å². The third-order valence-corrected chi connectivity index (χ3v) is 5.16. The van der Waals surface area contributed by atoms with Crippen LogP contribution < -0.4 is 0 Å². The zero-order chi connectivity index (χ0) is 14.9. The van der Waals surface area contributed by atoms with Gasteiger partial charge in [-0.2, -0.15) is 0 Å². The summed E-state index contributed by atoms with van der Waals surface area (Å²) in [4.78, 5) is 0. The molecule has 0 N–H and O–H groups in total. The highest BCUT2D eigenvalue weighted by atomic mass is 14.2. The Kier molecular flexibility index (Phi) is 3.46. The molecule has 2 aliphatic rings. The molecule has 4 rings (SSSR count). The zero-order valence-electron chi connectivity index (χ0n) is 13.2. The van der Waals surface area contributed by atoms with Gasteiger partial charge in [0.15, 0.2) is 0 Å². The summed E-state index contributed by atoms with van der Waals surface area (Å²) in [5, 5.41) is 0. The van der Waals surface area contributed by atoms with Crippen molar-refractivity contribution >= 4 is 0 Å². The molecule has 0 heterocycles. The van der Waals surface area contributed by atoms with Crippen LogP contribution in [0.1, 0.15) is 42.9 Å². The number of rotatable bonds is 4. The summed E-state index contributed by atoms with van der Waals surface area (Å²) < 4.78 is 0. The lowest BCUT2D eigenvalue weighted by Gasteiger charge is -2.09. The Labute approximate surface area is 133 Å². The van der Waals surface area contributed by atoms with E-state index in [1.807, 2.05) is 0 Å². The Hall–Kier alpha value is -2.08. The summed E-state index contributed by atoms with van der Waals surface area (Å²) in [6.45, 7) is 2.25. The SMILES string of the molecule is CC1=C(CCCc2cccc3c2Cc2ccccc2-3)CC=C1.